The summed E-state index contributed by atoms with van der Waals surface area (Å²) in [5.74, 6) is 1.09. The predicted octanol–water partition coefficient (Wildman–Crippen LogP) is 3.73. The zero-order valence-corrected chi connectivity index (χ0v) is 17.3. The number of hydrogen-bond donors (Lipinski definition) is 2. The number of anilines is 3. The number of nitrogens with one attached hydrogen (secondary N) is 2. The summed E-state index contributed by atoms with van der Waals surface area (Å²) in [5, 5.41) is 5.65. The van der Waals surface area contributed by atoms with Gasteiger partial charge >= 0.3 is 6.03 Å². The van der Waals surface area contributed by atoms with Crippen LogP contribution in [0.2, 0.25) is 0 Å². The maximum Gasteiger partial charge on any atom is 0.323 e. The van der Waals surface area contributed by atoms with Crippen LogP contribution in [0.4, 0.5) is 22.0 Å². The number of para-hydroxylation sites is 1. The van der Waals surface area contributed by atoms with Gasteiger partial charge in [-0.3, -0.25) is 4.79 Å². The molecular weight excluding hydrogens is 366 g/mol. The zero-order chi connectivity index (χ0) is 20.8. The third-order valence-corrected chi connectivity index (χ3v) is 5.02. The van der Waals surface area contributed by atoms with E-state index in [1.54, 1.807) is 6.20 Å². The Hall–Kier alpha value is -3.09. The smallest absolute Gasteiger partial charge is 0.323 e. The van der Waals surface area contributed by atoms with E-state index in [9.17, 15) is 9.59 Å². The summed E-state index contributed by atoms with van der Waals surface area (Å²) in [6.07, 6.45) is 2.58. The molecule has 3 rings (SSSR count). The van der Waals surface area contributed by atoms with E-state index in [0.717, 1.165) is 43.1 Å². The van der Waals surface area contributed by atoms with Gasteiger partial charge in [0.15, 0.2) is 0 Å². The Morgan fingerprint density at radius 2 is 1.79 bits per heavy atom. The van der Waals surface area contributed by atoms with Gasteiger partial charge in [-0.2, -0.15) is 0 Å². The number of carbonyl (C=O) groups excluding carboxylic acids is 2. The summed E-state index contributed by atoms with van der Waals surface area (Å²) < 4.78 is 0. The van der Waals surface area contributed by atoms with E-state index in [0.29, 0.717) is 12.2 Å². The lowest BCUT2D eigenvalue weighted by Crippen LogP contribution is -2.37. The van der Waals surface area contributed by atoms with E-state index in [2.05, 4.69) is 20.5 Å². The van der Waals surface area contributed by atoms with Gasteiger partial charge in [-0.05, 0) is 37.1 Å². The van der Waals surface area contributed by atoms with Crippen LogP contribution in [0.1, 0.15) is 25.8 Å². The Labute approximate surface area is 172 Å². The fourth-order valence-corrected chi connectivity index (χ4v) is 3.38. The van der Waals surface area contributed by atoms with Crippen molar-refractivity contribution in [2.45, 2.75) is 27.2 Å². The van der Waals surface area contributed by atoms with Crippen molar-refractivity contribution >= 4 is 29.1 Å². The Kier molecular flexibility index (Phi) is 6.69. The highest BCUT2D eigenvalue weighted by Gasteiger charge is 2.21. The molecular formula is C22H29N5O2. The first-order valence-electron chi connectivity index (χ1n) is 10.1. The summed E-state index contributed by atoms with van der Waals surface area (Å²) in [6, 6.07) is 11.1. The number of nitrogens with zero attached hydrogens (tertiary/aromatic N) is 3. The lowest BCUT2D eigenvalue weighted by atomic mass is 10.2. The van der Waals surface area contributed by atoms with Crippen LogP contribution in [0.5, 0.6) is 0 Å². The number of hydrogen-bond acceptors (Lipinski definition) is 4. The molecule has 0 atom stereocenters. The first-order chi connectivity index (χ1) is 13.9. The quantitative estimate of drug-likeness (QED) is 0.827. The minimum atomic E-state index is -0.300. The minimum Gasteiger partial charge on any atom is -0.355 e. The molecule has 1 fully saturated rings. The molecule has 154 valence electrons. The van der Waals surface area contributed by atoms with Gasteiger partial charge in [-0.1, -0.05) is 32.0 Å². The molecule has 2 N–H and O–H groups in total. The average Bonchev–Trinajstić information content (AvgIpc) is 2.96. The highest BCUT2D eigenvalue weighted by molar-refractivity contribution is 6.00. The number of rotatable bonds is 4. The second-order valence-electron chi connectivity index (χ2n) is 7.62. The van der Waals surface area contributed by atoms with Crippen molar-refractivity contribution < 1.29 is 9.59 Å². The van der Waals surface area contributed by atoms with E-state index in [-0.39, 0.29) is 17.9 Å². The van der Waals surface area contributed by atoms with Gasteiger partial charge in [0.1, 0.15) is 5.82 Å². The van der Waals surface area contributed by atoms with Gasteiger partial charge in [0.05, 0.1) is 11.9 Å². The van der Waals surface area contributed by atoms with Gasteiger partial charge in [0.25, 0.3) is 0 Å². The molecule has 0 aliphatic carbocycles. The summed E-state index contributed by atoms with van der Waals surface area (Å²) in [7, 11) is 0. The van der Waals surface area contributed by atoms with Crippen molar-refractivity contribution in [1.29, 1.82) is 0 Å². The topological polar surface area (TPSA) is 77.6 Å². The largest absolute Gasteiger partial charge is 0.355 e. The van der Waals surface area contributed by atoms with E-state index in [4.69, 9.17) is 0 Å². The zero-order valence-electron chi connectivity index (χ0n) is 17.3. The maximum absolute atomic E-state index is 12.2. The predicted molar refractivity (Wildman–Crippen MR) is 116 cm³/mol. The first kappa shape index (κ1) is 20.6. The van der Waals surface area contributed by atoms with Crippen LogP contribution in [-0.4, -0.2) is 48.0 Å². The summed E-state index contributed by atoms with van der Waals surface area (Å²) in [6.45, 7) is 8.93. The number of benzene rings is 1. The lowest BCUT2D eigenvalue weighted by Gasteiger charge is -2.24. The molecule has 1 saturated heterocycles. The minimum absolute atomic E-state index is 0.0239. The van der Waals surface area contributed by atoms with Crippen molar-refractivity contribution in [3.05, 3.63) is 48.2 Å². The molecule has 2 aromatic rings. The number of amides is 3. The third-order valence-electron chi connectivity index (χ3n) is 5.02. The number of aryl methyl sites for hydroxylation is 1. The third kappa shape index (κ3) is 5.47. The number of aromatic nitrogens is 1. The molecule has 0 saturated carbocycles. The van der Waals surface area contributed by atoms with Crippen LogP contribution in [0.25, 0.3) is 0 Å². The Balaban J connectivity index is 1.56. The molecule has 7 heteroatoms. The highest BCUT2D eigenvalue weighted by atomic mass is 16.2. The number of urea groups is 1. The van der Waals surface area contributed by atoms with Crippen molar-refractivity contribution in [3.8, 4) is 0 Å². The molecule has 1 aliphatic heterocycles. The SMILES string of the molecule is Cc1ccccc1NC(=O)Nc1ccc(N2CCCN(C(=O)C(C)C)CC2)nc1. The normalized spacial score (nSPS) is 14.5. The fraction of sp³-hybridized carbons (Fsp3) is 0.409. The Morgan fingerprint density at radius 1 is 1.00 bits per heavy atom. The van der Waals surface area contributed by atoms with Crippen molar-refractivity contribution in [1.82, 2.24) is 9.88 Å². The van der Waals surface area contributed by atoms with Gasteiger partial charge in [0.2, 0.25) is 5.91 Å². The van der Waals surface area contributed by atoms with Crippen molar-refractivity contribution in [2.24, 2.45) is 5.92 Å². The number of carbonyl (C=O) groups is 2. The molecule has 1 aromatic carbocycles. The van der Waals surface area contributed by atoms with Crippen LogP contribution >= 0.6 is 0 Å². The molecule has 1 aromatic heterocycles. The first-order valence-corrected chi connectivity index (χ1v) is 10.1. The summed E-state index contributed by atoms with van der Waals surface area (Å²) in [4.78, 5) is 33.1. The molecule has 3 amide bonds. The monoisotopic (exact) mass is 395 g/mol. The molecule has 2 heterocycles. The van der Waals surface area contributed by atoms with E-state index in [1.165, 1.54) is 0 Å². The number of pyridine rings is 1. The Bertz CT molecular complexity index is 851. The fourth-order valence-electron chi connectivity index (χ4n) is 3.38. The van der Waals surface area contributed by atoms with Crippen molar-refractivity contribution in [3.63, 3.8) is 0 Å². The van der Waals surface area contributed by atoms with Crippen molar-refractivity contribution in [2.75, 3.05) is 41.7 Å². The van der Waals surface area contributed by atoms with Crippen LogP contribution in [0.15, 0.2) is 42.6 Å². The Morgan fingerprint density at radius 3 is 2.48 bits per heavy atom. The molecule has 7 nitrogen and oxygen atoms in total. The van der Waals surface area contributed by atoms with Gasteiger partial charge in [-0.15, -0.1) is 0 Å². The molecule has 0 radical (unpaired) electrons. The average molecular weight is 396 g/mol. The van der Waals surface area contributed by atoms with Gasteiger partial charge < -0.3 is 20.4 Å². The second-order valence-corrected chi connectivity index (χ2v) is 7.62. The standard InChI is InChI=1S/C22H29N5O2/c1-16(2)21(28)27-12-6-11-26(13-14-27)20-10-9-18(15-23-20)24-22(29)25-19-8-5-4-7-17(19)3/h4-5,7-10,15-16H,6,11-14H2,1-3H3,(H2,24,25,29). The highest BCUT2D eigenvalue weighted by Crippen LogP contribution is 2.18. The van der Waals surface area contributed by atoms with Gasteiger partial charge in [-0.25, -0.2) is 9.78 Å². The van der Waals surface area contributed by atoms with E-state index in [1.807, 2.05) is 62.1 Å². The molecule has 0 spiro atoms. The summed E-state index contributed by atoms with van der Waals surface area (Å²) in [5.41, 5.74) is 2.41. The van der Waals surface area contributed by atoms with Crippen LogP contribution in [-0.2, 0) is 4.79 Å². The maximum atomic E-state index is 12.2. The lowest BCUT2D eigenvalue weighted by molar-refractivity contribution is -0.134. The summed E-state index contributed by atoms with van der Waals surface area (Å²) >= 11 is 0. The van der Waals surface area contributed by atoms with Crippen LogP contribution < -0.4 is 15.5 Å². The molecule has 0 unspecified atom stereocenters. The van der Waals surface area contributed by atoms with Crippen LogP contribution in [0.3, 0.4) is 0 Å². The van der Waals surface area contributed by atoms with Gasteiger partial charge in [0, 0.05) is 37.8 Å². The second kappa shape index (κ2) is 9.41. The van der Waals surface area contributed by atoms with E-state index < -0.39 is 0 Å². The molecule has 0 bridgehead atoms. The molecule has 29 heavy (non-hydrogen) atoms. The van der Waals surface area contributed by atoms with E-state index >= 15 is 0 Å². The molecule has 1 aliphatic rings. The van der Waals surface area contributed by atoms with Crippen LogP contribution in [0, 0.1) is 12.8 Å².